The van der Waals surface area contributed by atoms with E-state index in [0.29, 0.717) is 17.2 Å². The molecule has 1 aromatic rings. The fraction of sp³-hybridized carbons (Fsp3) is 0.643. The van der Waals surface area contributed by atoms with E-state index in [-0.39, 0.29) is 30.9 Å². The summed E-state index contributed by atoms with van der Waals surface area (Å²) in [6.07, 6.45) is 5.35. The second kappa shape index (κ2) is 13.3. The van der Waals surface area contributed by atoms with Gasteiger partial charge in [0.1, 0.15) is 6.04 Å². The van der Waals surface area contributed by atoms with Crippen LogP contribution in [0.1, 0.15) is 63.0 Å². The van der Waals surface area contributed by atoms with Gasteiger partial charge in [0, 0.05) is 12.0 Å². The monoisotopic (exact) mass is 533 g/mol. The van der Waals surface area contributed by atoms with Crippen LogP contribution in [0.4, 0.5) is 10.2 Å². The van der Waals surface area contributed by atoms with Crippen molar-refractivity contribution in [2.45, 2.75) is 64.3 Å². The Balaban J connectivity index is 1.92. The molecule has 1 aromatic carbocycles. The number of hydrogen-bond donors (Lipinski definition) is 1. The minimum Gasteiger partial charge on any atom is -0.466 e. The summed E-state index contributed by atoms with van der Waals surface area (Å²) in [4.78, 5) is 37.2. The lowest BCUT2D eigenvalue weighted by Crippen LogP contribution is -2.50. The maximum absolute atomic E-state index is 16.1. The third-order valence-electron chi connectivity index (χ3n) is 7.69. The minimum absolute atomic E-state index is 0.0707. The summed E-state index contributed by atoms with van der Waals surface area (Å²) in [5.74, 6) is -0.534. The van der Waals surface area contributed by atoms with Crippen molar-refractivity contribution in [3.8, 4) is 0 Å². The molecule has 3 unspecified atom stereocenters. The number of ether oxygens (including phenoxy) is 2. The number of anilines is 1. The highest BCUT2D eigenvalue weighted by molar-refractivity contribution is 5.93. The molecule has 0 radical (unpaired) electrons. The van der Waals surface area contributed by atoms with Crippen LogP contribution >= 0.6 is 0 Å². The number of nitrogens with one attached hydrogen (secondary N) is 1. The smallest absolute Gasteiger partial charge is 0.335 e. The van der Waals surface area contributed by atoms with Gasteiger partial charge in [-0.2, -0.15) is 0 Å². The Labute approximate surface area is 223 Å². The molecule has 0 amide bonds. The molecule has 3 rings (SSSR count). The lowest BCUT2D eigenvalue weighted by Gasteiger charge is -2.40. The summed E-state index contributed by atoms with van der Waals surface area (Å²) in [5.41, 5.74) is 0.672. The van der Waals surface area contributed by atoms with Crippen LogP contribution in [0, 0.1) is 21.4 Å². The summed E-state index contributed by atoms with van der Waals surface area (Å²) < 4.78 is 25.9. The first-order valence-corrected chi connectivity index (χ1v) is 13.3. The van der Waals surface area contributed by atoms with E-state index >= 15 is 4.48 Å². The number of allylic oxidation sites excluding steroid dienone is 1. The van der Waals surface area contributed by atoms with E-state index in [1.807, 2.05) is 25.1 Å². The van der Waals surface area contributed by atoms with Crippen LogP contribution in [0.5, 0.6) is 0 Å². The van der Waals surface area contributed by atoms with Crippen molar-refractivity contribution in [2.75, 3.05) is 45.6 Å². The largest absolute Gasteiger partial charge is 0.466 e. The summed E-state index contributed by atoms with van der Waals surface area (Å²) in [6, 6.07) is 4.52. The van der Waals surface area contributed by atoms with Crippen LogP contribution in [-0.2, 0) is 25.5 Å². The van der Waals surface area contributed by atoms with Gasteiger partial charge in [-0.05, 0) is 81.5 Å². The number of fused-ring (bicyclic) bond motifs is 1. The Hall–Kier alpha value is -2.85. The number of nitro groups is 1. The summed E-state index contributed by atoms with van der Waals surface area (Å²) in [5, 5.41) is 15.7. The number of para-hydroxylation sites is 1. The van der Waals surface area contributed by atoms with Gasteiger partial charge in [-0.15, -0.1) is 0 Å². The molecule has 0 aromatic heterocycles. The highest BCUT2D eigenvalue weighted by Crippen LogP contribution is 2.45. The molecule has 0 saturated heterocycles. The molecule has 1 N–H and O–H groups in total. The first-order valence-electron chi connectivity index (χ1n) is 13.3. The number of carbonyl (C=O) groups is 2. The van der Waals surface area contributed by atoms with Crippen molar-refractivity contribution in [1.29, 1.82) is 0 Å². The fourth-order valence-corrected chi connectivity index (χ4v) is 5.29. The van der Waals surface area contributed by atoms with Gasteiger partial charge in [-0.1, -0.05) is 35.7 Å². The number of esters is 1. The first-order chi connectivity index (χ1) is 18.1. The number of ketones is 1. The van der Waals surface area contributed by atoms with E-state index in [1.165, 1.54) is 40.1 Å². The molecule has 1 aliphatic carbocycles. The van der Waals surface area contributed by atoms with E-state index in [9.17, 15) is 19.7 Å². The number of rotatable bonds is 15. The summed E-state index contributed by atoms with van der Waals surface area (Å²) in [7, 11) is 2.63. The van der Waals surface area contributed by atoms with Gasteiger partial charge in [-0.3, -0.25) is 14.9 Å². The first kappa shape index (κ1) is 29.7. The van der Waals surface area contributed by atoms with Gasteiger partial charge in [0.05, 0.1) is 30.4 Å². The molecule has 0 spiro atoms. The second-order valence-electron chi connectivity index (χ2n) is 10.7. The van der Waals surface area contributed by atoms with E-state index in [0.717, 1.165) is 36.6 Å². The topological polar surface area (TPSA) is 111 Å². The maximum atomic E-state index is 16.1. The molecular weight excluding hydrogens is 493 g/mol. The van der Waals surface area contributed by atoms with E-state index < -0.39 is 34.7 Å². The zero-order valence-corrected chi connectivity index (χ0v) is 22.8. The zero-order chi connectivity index (χ0) is 27.9. The minimum atomic E-state index is -1.54. The van der Waals surface area contributed by atoms with Gasteiger partial charge in [-0.25, -0.2) is 9.92 Å². The number of carbonyl (C=O) groups excluding carboxylic acids is 2. The molecule has 210 valence electrons. The molecule has 1 saturated carbocycles. The van der Waals surface area contributed by atoms with E-state index in [1.54, 1.807) is 0 Å². The highest BCUT2D eigenvalue weighted by atomic mass is 19.2. The molecule has 2 aliphatic rings. The predicted octanol–water partition coefficient (Wildman–Crippen LogP) is 4.17. The van der Waals surface area contributed by atoms with Gasteiger partial charge in [0.2, 0.25) is 6.54 Å². The zero-order valence-electron chi connectivity index (χ0n) is 22.8. The normalized spacial score (nSPS) is 21.0. The molecule has 1 aliphatic heterocycles. The second-order valence-corrected chi connectivity index (χ2v) is 10.7. The molecule has 10 heteroatoms. The maximum Gasteiger partial charge on any atom is 0.335 e. The van der Waals surface area contributed by atoms with Crippen molar-refractivity contribution in [3.05, 3.63) is 51.1 Å². The number of halogens is 1. The van der Waals surface area contributed by atoms with Crippen LogP contribution in [0.3, 0.4) is 0 Å². The van der Waals surface area contributed by atoms with Crippen LogP contribution in [0.15, 0.2) is 29.8 Å². The van der Waals surface area contributed by atoms with Crippen molar-refractivity contribution in [1.82, 2.24) is 5.32 Å². The number of hydrogen-bond acceptors (Lipinski definition) is 8. The highest BCUT2D eigenvalue weighted by Gasteiger charge is 2.47. The van der Waals surface area contributed by atoms with Crippen molar-refractivity contribution in [2.24, 2.45) is 11.3 Å². The van der Waals surface area contributed by atoms with Gasteiger partial charge < -0.3 is 14.8 Å². The molecule has 9 nitrogen and oxygen atoms in total. The molecule has 1 fully saturated rings. The van der Waals surface area contributed by atoms with Crippen LogP contribution in [0.2, 0.25) is 0 Å². The molecule has 1 heterocycles. The molecule has 0 bridgehead atoms. The van der Waals surface area contributed by atoms with Crippen LogP contribution in [-0.4, -0.2) is 63.2 Å². The SMILES string of the molecule is CCc1cccc2c1N(F)C(C(=O)C(C)(C/C=C(\COC)C(=O)OC)C[N+](=O)[O-])CC2CCNCC1CC1. The molecule has 38 heavy (non-hydrogen) atoms. The number of aryl methyl sites for hydroxylation is 1. The van der Waals surface area contributed by atoms with Gasteiger partial charge in [0.15, 0.2) is 5.78 Å². The predicted molar refractivity (Wildman–Crippen MR) is 142 cm³/mol. The average Bonchev–Trinajstić information content (AvgIpc) is 3.73. The Kier molecular flexibility index (Phi) is 10.4. The quantitative estimate of drug-likeness (QED) is 0.0893. The Morgan fingerprint density at radius 3 is 2.66 bits per heavy atom. The summed E-state index contributed by atoms with van der Waals surface area (Å²) >= 11 is 0. The lowest BCUT2D eigenvalue weighted by molar-refractivity contribution is -0.493. The number of methoxy groups -OCH3 is 2. The van der Waals surface area contributed by atoms with E-state index in [2.05, 4.69) is 5.32 Å². The molecular formula is C28H40FN3O6. The fourth-order valence-electron chi connectivity index (χ4n) is 5.29. The van der Waals surface area contributed by atoms with Crippen LogP contribution in [0.25, 0.3) is 0 Å². The van der Waals surface area contributed by atoms with Gasteiger partial charge in [0.25, 0.3) is 0 Å². The van der Waals surface area contributed by atoms with Crippen molar-refractivity contribution >= 4 is 17.4 Å². The average molecular weight is 534 g/mol. The van der Waals surface area contributed by atoms with E-state index in [4.69, 9.17) is 9.47 Å². The number of nitrogens with zero attached hydrogens (tertiary/aromatic N) is 2. The Bertz CT molecular complexity index is 1040. The van der Waals surface area contributed by atoms with Crippen molar-refractivity contribution in [3.63, 3.8) is 0 Å². The van der Waals surface area contributed by atoms with Crippen LogP contribution < -0.4 is 10.4 Å². The Morgan fingerprint density at radius 1 is 1.32 bits per heavy atom. The van der Waals surface area contributed by atoms with Gasteiger partial charge >= 0.3 is 5.97 Å². The lowest BCUT2D eigenvalue weighted by atomic mass is 9.73. The number of Topliss-reactive ketones (excluding diaryl/α,β-unsaturated/α-hetero) is 1. The molecule has 3 atom stereocenters. The number of benzene rings is 1. The Morgan fingerprint density at radius 2 is 2.05 bits per heavy atom. The van der Waals surface area contributed by atoms with Crippen molar-refractivity contribution < 1.29 is 28.5 Å². The summed E-state index contributed by atoms with van der Waals surface area (Å²) in [6.45, 7) is 4.35. The standard InChI is InChI=1S/C28H40FN3O6/c1-5-20-7-6-8-23-21(12-14-30-16-19-9-10-19)15-24(32(29)25(20)23)26(33)28(2,18-31(35)36)13-11-22(17-37-3)27(34)38-4/h6-8,11,19,21,24,30H,5,9-10,12-18H2,1-4H3/b22-11+. The third kappa shape index (κ3) is 7.17. The third-order valence-corrected chi connectivity index (χ3v) is 7.69.